The first-order chi connectivity index (χ1) is 13.2. The second-order valence-electron chi connectivity index (χ2n) is 7.84. The third kappa shape index (κ3) is 4.98. The van der Waals surface area contributed by atoms with Gasteiger partial charge in [0.25, 0.3) is 0 Å². The van der Waals surface area contributed by atoms with Gasteiger partial charge >= 0.3 is 0 Å². The largest absolute Gasteiger partial charge is 0.343 e. The van der Waals surface area contributed by atoms with Crippen molar-refractivity contribution in [2.24, 2.45) is 0 Å². The van der Waals surface area contributed by atoms with E-state index in [4.69, 9.17) is 0 Å². The van der Waals surface area contributed by atoms with Crippen molar-refractivity contribution in [2.45, 2.75) is 63.2 Å². The van der Waals surface area contributed by atoms with Crippen LogP contribution in [0.3, 0.4) is 0 Å². The van der Waals surface area contributed by atoms with Crippen molar-refractivity contribution < 1.29 is 4.79 Å². The van der Waals surface area contributed by atoms with Gasteiger partial charge in [0.15, 0.2) is 5.82 Å². The average Bonchev–Trinajstić information content (AvgIpc) is 3.43. The molecule has 2 fully saturated rings. The van der Waals surface area contributed by atoms with E-state index in [0.717, 1.165) is 61.3 Å². The molecule has 0 radical (unpaired) electrons. The Hall–Kier alpha value is -1.69. The SMILES string of the molecule is O=C(CCCCc1ccc(Br)cc1)N1CCC(c2nc(C3CC3)n[nH]2)CC1. The van der Waals surface area contributed by atoms with Crippen molar-refractivity contribution in [3.63, 3.8) is 0 Å². The van der Waals surface area contributed by atoms with E-state index in [0.29, 0.717) is 24.2 Å². The number of rotatable bonds is 7. The number of benzene rings is 1. The van der Waals surface area contributed by atoms with Crippen molar-refractivity contribution in [1.29, 1.82) is 0 Å². The zero-order valence-electron chi connectivity index (χ0n) is 15.7. The van der Waals surface area contributed by atoms with Gasteiger partial charge in [-0.15, -0.1) is 0 Å². The molecule has 0 unspecified atom stereocenters. The molecule has 2 aromatic rings. The molecule has 2 heterocycles. The number of aryl methyl sites for hydroxylation is 1. The van der Waals surface area contributed by atoms with Gasteiger partial charge in [0, 0.05) is 35.8 Å². The van der Waals surface area contributed by atoms with Crippen LogP contribution in [0, 0.1) is 0 Å². The maximum atomic E-state index is 12.5. The van der Waals surface area contributed by atoms with Crippen LogP contribution in [0.15, 0.2) is 28.7 Å². The van der Waals surface area contributed by atoms with Crippen LogP contribution in [0.1, 0.15) is 74.0 Å². The number of unbranched alkanes of at least 4 members (excludes halogenated alkanes) is 1. The summed E-state index contributed by atoms with van der Waals surface area (Å²) in [5, 5.41) is 7.50. The maximum absolute atomic E-state index is 12.5. The molecule has 0 spiro atoms. The molecule has 1 aliphatic carbocycles. The average molecular weight is 431 g/mol. The molecular weight excluding hydrogens is 404 g/mol. The summed E-state index contributed by atoms with van der Waals surface area (Å²) in [7, 11) is 0. The third-order valence-corrected chi connectivity index (χ3v) is 6.24. The molecule has 144 valence electrons. The Morgan fingerprint density at radius 1 is 1.07 bits per heavy atom. The van der Waals surface area contributed by atoms with Crippen LogP contribution in [-0.4, -0.2) is 39.1 Å². The normalized spacial score (nSPS) is 18.0. The van der Waals surface area contributed by atoms with Crippen LogP contribution in [0.2, 0.25) is 0 Å². The number of amides is 1. The molecule has 1 amide bonds. The van der Waals surface area contributed by atoms with Crippen molar-refractivity contribution in [1.82, 2.24) is 20.1 Å². The zero-order chi connectivity index (χ0) is 18.6. The fourth-order valence-electron chi connectivity index (χ4n) is 3.81. The number of nitrogens with one attached hydrogen (secondary N) is 1. The summed E-state index contributed by atoms with van der Waals surface area (Å²) in [6.45, 7) is 1.69. The predicted octanol–water partition coefficient (Wildman–Crippen LogP) is 4.56. The standard InChI is InChI=1S/C21H27BrN4O/c22-18-9-5-15(6-10-18)3-1-2-4-19(27)26-13-11-17(12-14-26)21-23-20(24-25-21)16-7-8-16/h5-6,9-10,16-17H,1-4,7-8,11-14H2,(H,23,24,25). The van der Waals surface area contributed by atoms with E-state index < -0.39 is 0 Å². The molecule has 1 saturated heterocycles. The van der Waals surface area contributed by atoms with E-state index in [1.165, 1.54) is 18.4 Å². The molecule has 1 aromatic carbocycles. The maximum Gasteiger partial charge on any atom is 0.222 e. The smallest absolute Gasteiger partial charge is 0.222 e. The summed E-state index contributed by atoms with van der Waals surface area (Å²) < 4.78 is 1.11. The van der Waals surface area contributed by atoms with Gasteiger partial charge in [-0.1, -0.05) is 28.1 Å². The second kappa shape index (κ2) is 8.55. The highest BCUT2D eigenvalue weighted by molar-refractivity contribution is 9.10. The Morgan fingerprint density at radius 3 is 2.52 bits per heavy atom. The van der Waals surface area contributed by atoms with Crippen LogP contribution in [0.5, 0.6) is 0 Å². The number of carbonyl (C=O) groups excluding carboxylic acids is 1. The van der Waals surface area contributed by atoms with E-state index in [-0.39, 0.29) is 0 Å². The van der Waals surface area contributed by atoms with Gasteiger partial charge in [-0.2, -0.15) is 5.10 Å². The lowest BCUT2D eigenvalue weighted by Gasteiger charge is -2.31. The van der Waals surface area contributed by atoms with Gasteiger partial charge in [0.2, 0.25) is 5.91 Å². The Kier molecular flexibility index (Phi) is 5.91. The number of H-pyrrole nitrogens is 1. The third-order valence-electron chi connectivity index (χ3n) is 5.72. The molecule has 6 heteroatoms. The first-order valence-electron chi connectivity index (χ1n) is 10.1. The molecule has 0 bridgehead atoms. The molecule has 2 aliphatic rings. The predicted molar refractivity (Wildman–Crippen MR) is 109 cm³/mol. The van der Waals surface area contributed by atoms with Gasteiger partial charge < -0.3 is 4.90 Å². The number of halogens is 1. The van der Waals surface area contributed by atoms with Crippen LogP contribution in [-0.2, 0) is 11.2 Å². The number of hydrogen-bond acceptors (Lipinski definition) is 3. The minimum Gasteiger partial charge on any atom is -0.343 e. The molecule has 1 aliphatic heterocycles. The fraction of sp³-hybridized carbons (Fsp3) is 0.571. The van der Waals surface area contributed by atoms with Gasteiger partial charge in [-0.05, 0) is 62.6 Å². The first kappa shape index (κ1) is 18.7. The lowest BCUT2D eigenvalue weighted by molar-refractivity contribution is -0.132. The summed E-state index contributed by atoms with van der Waals surface area (Å²) in [5.74, 6) is 3.34. The summed E-state index contributed by atoms with van der Waals surface area (Å²) >= 11 is 3.46. The van der Waals surface area contributed by atoms with Crippen molar-refractivity contribution >= 4 is 21.8 Å². The zero-order valence-corrected chi connectivity index (χ0v) is 17.2. The number of aromatic nitrogens is 3. The highest BCUT2D eigenvalue weighted by Crippen LogP contribution is 2.38. The van der Waals surface area contributed by atoms with Gasteiger partial charge in [-0.3, -0.25) is 9.89 Å². The van der Waals surface area contributed by atoms with Crippen LogP contribution >= 0.6 is 15.9 Å². The Balaban J connectivity index is 1.16. The summed E-state index contributed by atoms with van der Waals surface area (Å²) in [6, 6.07) is 8.45. The minimum absolute atomic E-state index is 0.306. The quantitative estimate of drug-likeness (QED) is 0.654. The van der Waals surface area contributed by atoms with Crippen LogP contribution < -0.4 is 0 Å². The Bertz CT molecular complexity index is 761. The van der Waals surface area contributed by atoms with E-state index >= 15 is 0 Å². The lowest BCUT2D eigenvalue weighted by Crippen LogP contribution is -2.38. The van der Waals surface area contributed by atoms with Crippen molar-refractivity contribution in [2.75, 3.05) is 13.1 Å². The number of piperidine rings is 1. The number of aromatic amines is 1. The van der Waals surface area contributed by atoms with Crippen LogP contribution in [0.25, 0.3) is 0 Å². The highest BCUT2D eigenvalue weighted by atomic mass is 79.9. The van der Waals surface area contributed by atoms with E-state index in [1.54, 1.807) is 0 Å². The Labute approximate surface area is 169 Å². The summed E-state index contributed by atoms with van der Waals surface area (Å²) in [5.41, 5.74) is 1.34. The van der Waals surface area contributed by atoms with Crippen molar-refractivity contribution in [3.05, 3.63) is 46.0 Å². The fourth-order valence-corrected chi connectivity index (χ4v) is 4.08. The Morgan fingerprint density at radius 2 is 1.81 bits per heavy atom. The summed E-state index contributed by atoms with van der Waals surface area (Å²) in [6.07, 6.45) is 8.16. The lowest BCUT2D eigenvalue weighted by atomic mass is 9.95. The molecule has 1 N–H and O–H groups in total. The second-order valence-corrected chi connectivity index (χ2v) is 8.76. The summed E-state index contributed by atoms with van der Waals surface area (Å²) in [4.78, 5) is 19.2. The highest BCUT2D eigenvalue weighted by Gasteiger charge is 2.30. The molecule has 4 rings (SSSR count). The number of likely N-dealkylation sites (tertiary alicyclic amines) is 1. The molecule has 27 heavy (non-hydrogen) atoms. The van der Waals surface area contributed by atoms with E-state index in [9.17, 15) is 4.79 Å². The monoisotopic (exact) mass is 430 g/mol. The van der Waals surface area contributed by atoms with E-state index in [2.05, 4.69) is 55.4 Å². The first-order valence-corrected chi connectivity index (χ1v) is 10.9. The van der Waals surface area contributed by atoms with Gasteiger partial charge in [-0.25, -0.2) is 4.98 Å². The molecular formula is C21H27BrN4O. The number of nitrogens with zero attached hydrogens (tertiary/aromatic N) is 3. The topological polar surface area (TPSA) is 61.9 Å². The molecule has 1 aromatic heterocycles. The van der Waals surface area contributed by atoms with Crippen molar-refractivity contribution in [3.8, 4) is 0 Å². The molecule has 5 nitrogen and oxygen atoms in total. The number of hydrogen-bond donors (Lipinski definition) is 1. The van der Waals surface area contributed by atoms with E-state index in [1.807, 2.05) is 4.90 Å². The van der Waals surface area contributed by atoms with Gasteiger partial charge in [0.1, 0.15) is 5.82 Å². The minimum atomic E-state index is 0.306. The number of carbonyl (C=O) groups is 1. The molecule has 0 atom stereocenters. The van der Waals surface area contributed by atoms with Gasteiger partial charge in [0.05, 0.1) is 0 Å². The molecule has 1 saturated carbocycles. The van der Waals surface area contributed by atoms with Crippen LogP contribution in [0.4, 0.5) is 0 Å².